The number of hydrogen-bond donors (Lipinski definition) is 1. The summed E-state index contributed by atoms with van der Waals surface area (Å²) in [5.41, 5.74) is 0.330. The van der Waals surface area contributed by atoms with Gasteiger partial charge in [-0.15, -0.1) is 0 Å². The van der Waals surface area contributed by atoms with Crippen LogP contribution >= 0.6 is 0 Å². The lowest BCUT2D eigenvalue weighted by Crippen LogP contribution is -2.60. The summed E-state index contributed by atoms with van der Waals surface area (Å²) >= 11 is 0. The second-order valence-corrected chi connectivity index (χ2v) is 5.71. The van der Waals surface area contributed by atoms with Crippen molar-refractivity contribution in [2.24, 2.45) is 5.92 Å². The van der Waals surface area contributed by atoms with Crippen LogP contribution < -0.4 is 0 Å². The van der Waals surface area contributed by atoms with E-state index in [0.717, 1.165) is 31.4 Å². The second-order valence-electron chi connectivity index (χ2n) is 5.71. The summed E-state index contributed by atoms with van der Waals surface area (Å²) in [6.45, 7) is 0.909. The summed E-state index contributed by atoms with van der Waals surface area (Å²) in [5.74, 6) is -0.399. The molecule has 18 heavy (non-hydrogen) atoms. The normalized spacial score (nSPS) is 35.6. The van der Waals surface area contributed by atoms with E-state index in [1.54, 1.807) is 0 Å². The molecule has 4 rings (SSSR count). The van der Waals surface area contributed by atoms with E-state index in [1.165, 1.54) is 0 Å². The number of nitrogens with zero attached hydrogens (tertiary/aromatic N) is 1. The Morgan fingerprint density at radius 3 is 2.56 bits per heavy atom. The highest BCUT2D eigenvalue weighted by atomic mass is 16.4. The highest BCUT2D eigenvalue weighted by Gasteiger charge is 2.55. The van der Waals surface area contributed by atoms with Crippen molar-refractivity contribution >= 4 is 5.97 Å². The fourth-order valence-corrected chi connectivity index (χ4v) is 3.87. The zero-order valence-electron chi connectivity index (χ0n) is 10.7. The highest BCUT2D eigenvalue weighted by Crippen LogP contribution is 2.49. The minimum absolute atomic E-state index is 0.243. The molecule has 3 atom stereocenters. The van der Waals surface area contributed by atoms with Gasteiger partial charge in [0.05, 0.1) is 5.41 Å². The van der Waals surface area contributed by atoms with E-state index in [0.29, 0.717) is 6.04 Å². The van der Waals surface area contributed by atoms with Gasteiger partial charge >= 0.3 is 5.97 Å². The molecular formula is C15H19NO2. The van der Waals surface area contributed by atoms with Gasteiger partial charge in [0.1, 0.15) is 0 Å². The Labute approximate surface area is 107 Å². The molecule has 3 heteroatoms. The molecule has 1 N–H and O–H groups in total. The zero-order valence-corrected chi connectivity index (χ0v) is 10.7. The first kappa shape index (κ1) is 11.7. The first-order chi connectivity index (χ1) is 8.64. The highest BCUT2D eigenvalue weighted by molar-refractivity contribution is 5.82. The summed E-state index contributed by atoms with van der Waals surface area (Å²) in [6, 6.07) is 10.2. The Kier molecular flexibility index (Phi) is 2.67. The molecule has 0 aromatic heterocycles. The summed E-state index contributed by atoms with van der Waals surface area (Å²) in [7, 11) is 2.12. The van der Waals surface area contributed by atoms with Gasteiger partial charge in [-0.3, -0.25) is 4.79 Å². The van der Waals surface area contributed by atoms with E-state index >= 15 is 0 Å². The number of fused-ring (bicyclic) bond motifs is 3. The SMILES string of the molecule is CN1C[C@H]2CC[C@H]1C[C@]2(C(=O)O)c1ccccc1. The minimum atomic E-state index is -0.656. The van der Waals surface area contributed by atoms with Crippen LogP contribution in [0.3, 0.4) is 0 Å². The van der Waals surface area contributed by atoms with Crippen LogP contribution in [0, 0.1) is 5.92 Å². The zero-order chi connectivity index (χ0) is 12.8. The molecule has 0 spiro atoms. The molecule has 96 valence electrons. The van der Waals surface area contributed by atoms with Crippen LogP contribution in [-0.2, 0) is 10.2 Å². The number of rotatable bonds is 2. The molecule has 3 aliphatic rings. The van der Waals surface area contributed by atoms with E-state index in [4.69, 9.17) is 0 Å². The van der Waals surface area contributed by atoms with E-state index < -0.39 is 11.4 Å². The maximum Gasteiger partial charge on any atom is 0.314 e. The number of benzene rings is 1. The lowest BCUT2D eigenvalue weighted by Gasteiger charge is -2.53. The third-order valence-electron chi connectivity index (χ3n) is 4.91. The van der Waals surface area contributed by atoms with E-state index in [2.05, 4.69) is 11.9 Å². The molecule has 0 unspecified atom stereocenters. The number of hydrogen-bond acceptors (Lipinski definition) is 2. The number of carboxylic acids is 1. The number of piperidine rings is 2. The average Bonchev–Trinajstić information content (AvgIpc) is 2.40. The van der Waals surface area contributed by atoms with Gasteiger partial charge in [0.25, 0.3) is 0 Å². The van der Waals surface area contributed by atoms with Crippen LogP contribution in [0.5, 0.6) is 0 Å². The Morgan fingerprint density at radius 2 is 2.06 bits per heavy atom. The van der Waals surface area contributed by atoms with Gasteiger partial charge in [-0.25, -0.2) is 0 Å². The Hall–Kier alpha value is -1.35. The number of carboxylic acid groups (broad SMARTS) is 1. The minimum Gasteiger partial charge on any atom is -0.481 e. The molecule has 3 nitrogen and oxygen atoms in total. The summed E-state index contributed by atoms with van der Waals surface area (Å²) in [6.07, 6.45) is 2.94. The van der Waals surface area contributed by atoms with Crippen LogP contribution in [0.1, 0.15) is 24.8 Å². The summed E-state index contributed by atoms with van der Waals surface area (Å²) < 4.78 is 0. The van der Waals surface area contributed by atoms with Gasteiger partial charge in [0.15, 0.2) is 0 Å². The van der Waals surface area contributed by atoms with E-state index in [1.807, 2.05) is 30.3 Å². The lowest BCUT2D eigenvalue weighted by molar-refractivity contribution is -0.153. The van der Waals surface area contributed by atoms with Crippen molar-refractivity contribution in [1.82, 2.24) is 4.90 Å². The van der Waals surface area contributed by atoms with E-state index in [-0.39, 0.29) is 5.92 Å². The van der Waals surface area contributed by atoms with Crippen molar-refractivity contribution in [3.05, 3.63) is 35.9 Å². The van der Waals surface area contributed by atoms with Gasteiger partial charge in [-0.05, 0) is 37.8 Å². The standard InChI is InChI=1S/C15H19NO2/c1-16-10-12-7-8-13(16)9-15(12,14(17)18)11-5-3-2-4-6-11/h2-6,12-13H,7-10H2,1H3,(H,17,18)/t12-,13+,15+/m1/s1. The van der Waals surface area contributed by atoms with Crippen molar-refractivity contribution in [2.75, 3.05) is 13.6 Å². The largest absolute Gasteiger partial charge is 0.481 e. The summed E-state index contributed by atoms with van der Waals surface area (Å²) in [4.78, 5) is 14.3. The molecule has 1 aliphatic carbocycles. The molecule has 0 radical (unpaired) electrons. The van der Waals surface area contributed by atoms with Gasteiger partial charge in [0, 0.05) is 12.6 Å². The fraction of sp³-hybridized carbons (Fsp3) is 0.533. The quantitative estimate of drug-likeness (QED) is 0.867. The molecule has 1 saturated carbocycles. The third kappa shape index (κ3) is 1.50. The van der Waals surface area contributed by atoms with Crippen LogP contribution in [-0.4, -0.2) is 35.6 Å². The molecule has 2 saturated heterocycles. The van der Waals surface area contributed by atoms with Crippen LogP contribution in [0.4, 0.5) is 0 Å². The molecule has 3 fully saturated rings. The summed E-state index contributed by atoms with van der Waals surface area (Å²) in [5, 5.41) is 9.83. The predicted octanol–water partition coefficient (Wildman–Crippen LogP) is 2.12. The molecule has 2 aliphatic heterocycles. The van der Waals surface area contributed by atoms with Crippen molar-refractivity contribution in [3.8, 4) is 0 Å². The monoisotopic (exact) mass is 245 g/mol. The molecule has 0 amide bonds. The Balaban J connectivity index is 2.07. The fourth-order valence-electron chi connectivity index (χ4n) is 3.87. The van der Waals surface area contributed by atoms with Gasteiger partial charge < -0.3 is 10.0 Å². The lowest BCUT2D eigenvalue weighted by atomic mass is 9.58. The van der Waals surface area contributed by atoms with Crippen molar-refractivity contribution in [3.63, 3.8) is 0 Å². The smallest absolute Gasteiger partial charge is 0.314 e. The van der Waals surface area contributed by atoms with Gasteiger partial charge in [-0.2, -0.15) is 0 Å². The topological polar surface area (TPSA) is 40.5 Å². The number of carbonyl (C=O) groups is 1. The van der Waals surface area contributed by atoms with Crippen LogP contribution in [0.2, 0.25) is 0 Å². The van der Waals surface area contributed by atoms with Crippen molar-refractivity contribution in [1.29, 1.82) is 0 Å². The number of aliphatic carboxylic acids is 1. The maximum atomic E-state index is 12.0. The molecule has 2 heterocycles. The predicted molar refractivity (Wildman–Crippen MR) is 69.5 cm³/mol. The van der Waals surface area contributed by atoms with Gasteiger partial charge in [0.2, 0.25) is 0 Å². The Bertz CT molecular complexity index is 459. The molecule has 1 aromatic rings. The first-order valence-electron chi connectivity index (χ1n) is 6.64. The molecular weight excluding hydrogens is 226 g/mol. The molecule has 2 bridgehead atoms. The Morgan fingerprint density at radius 1 is 1.33 bits per heavy atom. The van der Waals surface area contributed by atoms with Gasteiger partial charge in [-0.1, -0.05) is 30.3 Å². The van der Waals surface area contributed by atoms with Crippen molar-refractivity contribution in [2.45, 2.75) is 30.7 Å². The van der Waals surface area contributed by atoms with Crippen molar-refractivity contribution < 1.29 is 9.90 Å². The average molecular weight is 245 g/mol. The third-order valence-corrected chi connectivity index (χ3v) is 4.91. The van der Waals surface area contributed by atoms with E-state index in [9.17, 15) is 9.90 Å². The molecule has 1 aromatic carbocycles. The van der Waals surface area contributed by atoms with Crippen LogP contribution in [0.15, 0.2) is 30.3 Å². The van der Waals surface area contributed by atoms with Crippen LogP contribution in [0.25, 0.3) is 0 Å². The second kappa shape index (κ2) is 4.09. The maximum absolute atomic E-state index is 12.0. The first-order valence-corrected chi connectivity index (χ1v) is 6.64.